The lowest BCUT2D eigenvalue weighted by Crippen LogP contribution is -2.39. The highest BCUT2D eigenvalue weighted by Gasteiger charge is 2.37. The molecule has 0 saturated carbocycles. The number of rotatable bonds is 3. The Morgan fingerprint density at radius 3 is 2.50 bits per heavy atom. The number of anilines is 1. The summed E-state index contributed by atoms with van der Waals surface area (Å²) < 4.78 is 0. The van der Waals surface area contributed by atoms with E-state index < -0.39 is 0 Å². The molecule has 0 fully saturated rings. The topological polar surface area (TPSA) is 81.2 Å². The zero-order chi connectivity index (χ0) is 21.6. The number of fused-ring (bicyclic) bond motifs is 3. The third kappa shape index (κ3) is 3.50. The molecule has 0 spiro atoms. The Kier molecular flexibility index (Phi) is 5.38. The van der Waals surface area contributed by atoms with E-state index in [1.807, 2.05) is 32.0 Å². The van der Waals surface area contributed by atoms with Crippen molar-refractivity contribution in [2.75, 3.05) is 38.2 Å². The van der Waals surface area contributed by atoms with Gasteiger partial charge in [-0.25, -0.2) is 0 Å². The van der Waals surface area contributed by atoms with Gasteiger partial charge in [0.25, 0.3) is 11.8 Å². The van der Waals surface area contributed by atoms with Gasteiger partial charge in [0.1, 0.15) is 11.5 Å². The molecule has 2 aromatic rings. The molecule has 0 unspecified atom stereocenters. The van der Waals surface area contributed by atoms with Crippen LogP contribution in [0.15, 0.2) is 18.2 Å². The number of nitrogens with zero attached hydrogens (tertiary/aromatic N) is 3. The van der Waals surface area contributed by atoms with E-state index in [0.717, 1.165) is 21.6 Å². The van der Waals surface area contributed by atoms with Crippen LogP contribution in [0.3, 0.4) is 0 Å². The number of aryl methyl sites for hydroxylation is 2. The molecule has 0 bridgehead atoms. The summed E-state index contributed by atoms with van der Waals surface area (Å²) in [4.78, 5) is 44.4. The molecular weight excluding hydrogens is 402 g/mol. The SMILES string of the molecule is Cc1cc(C)cc(C(=O)N2CCc3c(sc4c3C(=O)N(C)CC(=O)N4CCO)C2)c1. The van der Waals surface area contributed by atoms with Crippen LogP contribution in [0, 0.1) is 13.8 Å². The number of amides is 3. The van der Waals surface area contributed by atoms with Crippen molar-refractivity contribution in [1.29, 1.82) is 0 Å². The van der Waals surface area contributed by atoms with E-state index in [9.17, 15) is 19.5 Å². The van der Waals surface area contributed by atoms with Crippen LogP contribution in [0.2, 0.25) is 0 Å². The zero-order valence-corrected chi connectivity index (χ0v) is 18.2. The van der Waals surface area contributed by atoms with Gasteiger partial charge in [0.15, 0.2) is 0 Å². The van der Waals surface area contributed by atoms with Crippen molar-refractivity contribution in [3.8, 4) is 0 Å². The summed E-state index contributed by atoms with van der Waals surface area (Å²) in [5.74, 6) is -0.409. The van der Waals surface area contributed by atoms with Crippen molar-refractivity contribution in [3.63, 3.8) is 0 Å². The number of carbonyl (C=O) groups is 3. The number of aliphatic hydroxyl groups is 1. The van der Waals surface area contributed by atoms with Gasteiger partial charge in [-0.2, -0.15) is 0 Å². The minimum absolute atomic E-state index is 0.00761. The molecule has 30 heavy (non-hydrogen) atoms. The molecule has 158 valence electrons. The Balaban J connectivity index is 1.69. The molecule has 0 radical (unpaired) electrons. The lowest BCUT2D eigenvalue weighted by Gasteiger charge is -2.28. The third-order valence-electron chi connectivity index (χ3n) is 5.60. The smallest absolute Gasteiger partial charge is 0.257 e. The maximum atomic E-state index is 13.1. The van der Waals surface area contributed by atoms with Gasteiger partial charge in [0, 0.05) is 30.6 Å². The first-order chi connectivity index (χ1) is 14.3. The number of thiophene rings is 1. The molecule has 1 aromatic heterocycles. The van der Waals surface area contributed by atoms with Crippen molar-refractivity contribution >= 4 is 34.1 Å². The first kappa shape index (κ1) is 20.6. The van der Waals surface area contributed by atoms with Gasteiger partial charge < -0.3 is 14.9 Å². The van der Waals surface area contributed by atoms with E-state index in [0.29, 0.717) is 35.6 Å². The van der Waals surface area contributed by atoms with Gasteiger partial charge in [0.2, 0.25) is 5.91 Å². The highest BCUT2D eigenvalue weighted by Crippen LogP contribution is 2.41. The second kappa shape index (κ2) is 7.85. The van der Waals surface area contributed by atoms with Gasteiger partial charge in [-0.05, 0) is 38.0 Å². The van der Waals surface area contributed by atoms with Crippen LogP contribution in [0.25, 0.3) is 0 Å². The first-order valence-corrected chi connectivity index (χ1v) is 10.8. The number of hydrogen-bond donors (Lipinski definition) is 1. The van der Waals surface area contributed by atoms with E-state index in [-0.39, 0.29) is 37.4 Å². The van der Waals surface area contributed by atoms with Crippen molar-refractivity contribution < 1.29 is 19.5 Å². The van der Waals surface area contributed by atoms with Gasteiger partial charge in [-0.3, -0.25) is 19.3 Å². The highest BCUT2D eigenvalue weighted by atomic mass is 32.1. The van der Waals surface area contributed by atoms with E-state index >= 15 is 0 Å². The van der Waals surface area contributed by atoms with Gasteiger partial charge in [0.05, 0.1) is 18.7 Å². The van der Waals surface area contributed by atoms with Crippen LogP contribution in [0.4, 0.5) is 5.00 Å². The summed E-state index contributed by atoms with van der Waals surface area (Å²) in [5.41, 5.74) is 4.24. The summed E-state index contributed by atoms with van der Waals surface area (Å²) in [6, 6.07) is 5.83. The number of β-amino-alcohol motifs (C(OH)–C–C–N with tert-alkyl or cyclic N) is 1. The van der Waals surface area contributed by atoms with Crippen molar-refractivity contribution in [1.82, 2.24) is 9.80 Å². The van der Waals surface area contributed by atoms with Crippen LogP contribution in [0.5, 0.6) is 0 Å². The molecule has 8 heteroatoms. The molecule has 0 atom stereocenters. The third-order valence-corrected chi connectivity index (χ3v) is 6.84. The minimum Gasteiger partial charge on any atom is -0.395 e. The maximum absolute atomic E-state index is 13.1. The van der Waals surface area contributed by atoms with Crippen LogP contribution in [-0.4, -0.2) is 65.9 Å². The van der Waals surface area contributed by atoms with Crippen molar-refractivity contribution in [3.05, 3.63) is 50.9 Å². The predicted octanol–water partition coefficient (Wildman–Crippen LogP) is 1.97. The second-order valence-electron chi connectivity index (χ2n) is 7.97. The Morgan fingerprint density at radius 2 is 1.83 bits per heavy atom. The summed E-state index contributed by atoms with van der Waals surface area (Å²) in [6.07, 6.45) is 0.568. The average Bonchev–Trinajstić information content (AvgIpc) is 3.04. The van der Waals surface area contributed by atoms with Crippen LogP contribution < -0.4 is 4.90 Å². The van der Waals surface area contributed by atoms with Crippen molar-refractivity contribution in [2.45, 2.75) is 26.8 Å². The maximum Gasteiger partial charge on any atom is 0.257 e. The van der Waals surface area contributed by atoms with Crippen LogP contribution in [0.1, 0.15) is 42.3 Å². The lowest BCUT2D eigenvalue weighted by molar-refractivity contribution is -0.119. The van der Waals surface area contributed by atoms with Crippen LogP contribution in [-0.2, 0) is 17.8 Å². The van der Waals surface area contributed by atoms with Gasteiger partial charge >= 0.3 is 0 Å². The summed E-state index contributed by atoms with van der Waals surface area (Å²) in [6.45, 7) is 4.85. The molecule has 3 heterocycles. The molecule has 2 aliphatic rings. The summed E-state index contributed by atoms with van der Waals surface area (Å²) >= 11 is 1.38. The molecule has 7 nitrogen and oxygen atoms in total. The fourth-order valence-corrected chi connectivity index (χ4v) is 5.64. The molecule has 1 N–H and O–H groups in total. The monoisotopic (exact) mass is 427 g/mol. The van der Waals surface area contributed by atoms with E-state index in [1.54, 1.807) is 11.9 Å². The Labute approximate surface area is 179 Å². The van der Waals surface area contributed by atoms with Crippen LogP contribution >= 0.6 is 11.3 Å². The molecule has 3 amide bonds. The lowest BCUT2D eigenvalue weighted by atomic mass is 10.0. The summed E-state index contributed by atoms with van der Waals surface area (Å²) in [5, 5.41) is 10.0. The zero-order valence-electron chi connectivity index (χ0n) is 17.4. The largest absolute Gasteiger partial charge is 0.395 e. The van der Waals surface area contributed by atoms with E-state index in [4.69, 9.17) is 0 Å². The number of aliphatic hydroxyl groups excluding tert-OH is 1. The molecule has 0 aliphatic carbocycles. The first-order valence-electron chi connectivity index (χ1n) is 9.99. The fourth-order valence-electron chi connectivity index (χ4n) is 4.24. The Morgan fingerprint density at radius 1 is 1.13 bits per heavy atom. The number of benzene rings is 1. The molecular formula is C22H25N3O4S. The van der Waals surface area contributed by atoms with Gasteiger partial charge in [-0.15, -0.1) is 11.3 Å². The molecule has 0 saturated heterocycles. The fraction of sp³-hybridized carbons (Fsp3) is 0.409. The highest BCUT2D eigenvalue weighted by molar-refractivity contribution is 7.17. The van der Waals surface area contributed by atoms with Gasteiger partial charge in [-0.1, -0.05) is 17.2 Å². The quantitative estimate of drug-likeness (QED) is 0.812. The number of carbonyl (C=O) groups excluding carboxylic acids is 3. The second-order valence-corrected chi connectivity index (χ2v) is 9.05. The van der Waals surface area contributed by atoms with E-state index in [1.165, 1.54) is 21.1 Å². The Bertz CT molecular complexity index is 1020. The number of hydrogen-bond acceptors (Lipinski definition) is 5. The van der Waals surface area contributed by atoms with Crippen molar-refractivity contribution in [2.24, 2.45) is 0 Å². The molecule has 1 aromatic carbocycles. The molecule has 4 rings (SSSR count). The normalized spacial score (nSPS) is 16.5. The van der Waals surface area contributed by atoms with E-state index in [2.05, 4.69) is 0 Å². The predicted molar refractivity (Wildman–Crippen MR) is 115 cm³/mol. The number of likely N-dealkylation sites (N-methyl/N-ethyl adjacent to an activating group) is 1. The molecule has 2 aliphatic heterocycles. The minimum atomic E-state index is -0.208. The average molecular weight is 428 g/mol. The standard InChI is InChI=1S/C22H25N3O4S/c1-13-8-14(2)10-15(9-13)20(28)24-5-4-16-17(11-24)30-22-19(16)21(29)23(3)12-18(27)25(22)6-7-26/h8-10,26H,4-7,11-12H2,1-3H3. The summed E-state index contributed by atoms with van der Waals surface area (Å²) in [7, 11) is 1.62. The Hall–Kier alpha value is -2.71.